The number of carbonyl (C=O) groups excluding carboxylic acids is 2. The van der Waals surface area contributed by atoms with E-state index in [1.54, 1.807) is 12.1 Å². The summed E-state index contributed by atoms with van der Waals surface area (Å²) in [5.41, 5.74) is 1.83. The maximum absolute atomic E-state index is 12.5. The lowest BCUT2D eigenvalue weighted by atomic mass is 10.1. The van der Waals surface area contributed by atoms with Gasteiger partial charge in [-0.1, -0.05) is 30.3 Å². The van der Waals surface area contributed by atoms with Crippen LogP contribution in [0.2, 0.25) is 0 Å². The predicted molar refractivity (Wildman–Crippen MR) is 104 cm³/mol. The van der Waals surface area contributed by atoms with Gasteiger partial charge in [-0.3, -0.25) is 18.6 Å². The van der Waals surface area contributed by atoms with Crippen LogP contribution in [-0.2, 0) is 26.8 Å². The quantitative estimate of drug-likeness (QED) is 0.644. The highest BCUT2D eigenvalue weighted by atomic mass is 32.2. The Hall–Kier alpha value is -2.80. The molecule has 0 aliphatic rings. The van der Waals surface area contributed by atoms with Crippen LogP contribution in [0.3, 0.4) is 0 Å². The van der Waals surface area contributed by atoms with Crippen LogP contribution in [0, 0.1) is 0 Å². The van der Waals surface area contributed by atoms with Crippen LogP contribution >= 0.6 is 0 Å². The van der Waals surface area contributed by atoms with E-state index in [0.29, 0.717) is 17.7 Å². The van der Waals surface area contributed by atoms with Gasteiger partial charge in [0.1, 0.15) is 5.25 Å². The molecule has 7 heteroatoms. The average Bonchev–Trinajstić information content (AvgIpc) is 2.62. The molecule has 2 aromatic carbocycles. The summed E-state index contributed by atoms with van der Waals surface area (Å²) in [7, 11) is -1.83. The minimum Gasteiger partial charge on any atom is -0.480 e. The second kappa shape index (κ2) is 9.78. The number of carbonyl (C=O) groups is 3. The van der Waals surface area contributed by atoms with Crippen LogP contribution in [0.15, 0.2) is 54.6 Å². The lowest BCUT2D eigenvalue weighted by Crippen LogP contribution is -2.30. The van der Waals surface area contributed by atoms with E-state index in [9.17, 15) is 23.7 Å². The number of carboxylic acid groups (broad SMARTS) is 1. The molecule has 0 bridgehead atoms. The second-order valence-corrected chi connectivity index (χ2v) is 7.68. The molecule has 6 nitrogen and oxygen atoms in total. The fraction of sp³-hybridized carbons (Fsp3) is 0.250. The number of rotatable bonds is 9. The van der Waals surface area contributed by atoms with Crippen molar-refractivity contribution in [2.75, 3.05) is 11.1 Å². The van der Waals surface area contributed by atoms with Crippen molar-refractivity contribution in [3.05, 3.63) is 65.7 Å². The van der Waals surface area contributed by atoms with E-state index in [2.05, 4.69) is 5.32 Å². The van der Waals surface area contributed by atoms with Crippen LogP contribution in [0.4, 0.5) is 5.69 Å². The van der Waals surface area contributed by atoms with Crippen molar-refractivity contribution < 1.29 is 23.7 Å². The number of Topliss-reactive ketones (excluding diaryl/α,β-unsaturated/α-hetero) is 1. The molecule has 0 aliphatic heterocycles. The third kappa shape index (κ3) is 6.45. The van der Waals surface area contributed by atoms with Crippen molar-refractivity contribution >= 4 is 34.1 Å². The van der Waals surface area contributed by atoms with Crippen LogP contribution in [0.25, 0.3) is 0 Å². The SMILES string of the molecule is CC(=O)Nc1ccc(C(=O)CS(=O)C(CCc2ccccc2)C(=O)O)cc1. The number of hydrogen-bond donors (Lipinski definition) is 2. The van der Waals surface area contributed by atoms with Gasteiger partial charge in [-0.15, -0.1) is 0 Å². The number of aliphatic carboxylic acids is 1. The van der Waals surface area contributed by atoms with Crippen molar-refractivity contribution in [3.63, 3.8) is 0 Å². The van der Waals surface area contributed by atoms with Crippen molar-refractivity contribution in [2.24, 2.45) is 0 Å². The lowest BCUT2D eigenvalue weighted by Gasteiger charge is -2.12. The summed E-state index contributed by atoms with van der Waals surface area (Å²) >= 11 is 0. The molecule has 2 rings (SSSR count). The van der Waals surface area contributed by atoms with E-state index in [1.807, 2.05) is 30.3 Å². The van der Waals surface area contributed by atoms with E-state index in [1.165, 1.54) is 19.1 Å². The molecule has 0 fully saturated rings. The topological polar surface area (TPSA) is 101 Å². The normalized spacial score (nSPS) is 12.8. The molecule has 0 saturated carbocycles. The molecule has 0 saturated heterocycles. The molecule has 0 spiro atoms. The van der Waals surface area contributed by atoms with E-state index in [-0.39, 0.29) is 18.1 Å². The van der Waals surface area contributed by atoms with Gasteiger partial charge in [-0.05, 0) is 42.7 Å². The molecule has 0 radical (unpaired) electrons. The van der Waals surface area contributed by atoms with Gasteiger partial charge in [0.05, 0.1) is 5.75 Å². The number of amides is 1. The fourth-order valence-corrected chi connectivity index (χ4v) is 3.80. The molecule has 2 unspecified atom stereocenters. The zero-order chi connectivity index (χ0) is 19.8. The molecular formula is C20H21NO5S. The molecule has 1 amide bonds. The van der Waals surface area contributed by atoms with Gasteiger partial charge >= 0.3 is 5.97 Å². The Bertz CT molecular complexity index is 833. The number of anilines is 1. The third-order valence-electron chi connectivity index (χ3n) is 3.93. The molecular weight excluding hydrogens is 366 g/mol. The summed E-state index contributed by atoms with van der Waals surface area (Å²) in [4.78, 5) is 34.8. The Morgan fingerprint density at radius 2 is 1.67 bits per heavy atom. The van der Waals surface area contributed by atoms with Crippen LogP contribution in [0.5, 0.6) is 0 Å². The highest BCUT2D eigenvalue weighted by molar-refractivity contribution is 7.87. The standard InChI is InChI=1S/C20H21NO5S/c1-14(22)21-17-10-8-16(9-11-17)18(23)13-27(26)19(20(24)25)12-7-15-5-3-2-4-6-15/h2-6,8-11,19H,7,12-13H2,1H3,(H,21,22)(H,24,25). The Morgan fingerprint density at radius 1 is 1.04 bits per heavy atom. The smallest absolute Gasteiger partial charge is 0.319 e. The summed E-state index contributed by atoms with van der Waals surface area (Å²) in [6.45, 7) is 1.38. The first-order valence-electron chi connectivity index (χ1n) is 8.41. The Kier molecular flexibility index (Phi) is 7.43. The number of carboxylic acids is 1. The van der Waals surface area contributed by atoms with Gasteiger partial charge in [0, 0.05) is 29.0 Å². The number of aryl methyl sites for hydroxylation is 1. The first-order chi connectivity index (χ1) is 12.9. The highest BCUT2D eigenvalue weighted by Crippen LogP contribution is 2.14. The Morgan fingerprint density at radius 3 is 2.22 bits per heavy atom. The summed E-state index contributed by atoms with van der Waals surface area (Å²) in [6.07, 6.45) is 0.670. The number of hydrogen-bond acceptors (Lipinski definition) is 4. The van der Waals surface area contributed by atoms with Gasteiger partial charge in [0.15, 0.2) is 5.78 Å². The van der Waals surface area contributed by atoms with Gasteiger partial charge in [-0.25, -0.2) is 0 Å². The van der Waals surface area contributed by atoms with Crippen molar-refractivity contribution in [3.8, 4) is 0 Å². The van der Waals surface area contributed by atoms with Crippen LogP contribution in [-0.4, -0.2) is 38.0 Å². The molecule has 0 heterocycles. The largest absolute Gasteiger partial charge is 0.480 e. The molecule has 0 aliphatic carbocycles. The Labute approximate surface area is 160 Å². The number of ketones is 1. The number of benzene rings is 2. The van der Waals surface area contributed by atoms with Crippen molar-refractivity contribution in [2.45, 2.75) is 25.0 Å². The molecule has 27 heavy (non-hydrogen) atoms. The highest BCUT2D eigenvalue weighted by Gasteiger charge is 2.26. The molecule has 2 N–H and O–H groups in total. The average molecular weight is 387 g/mol. The molecule has 2 aromatic rings. The maximum Gasteiger partial charge on any atom is 0.319 e. The molecule has 142 valence electrons. The zero-order valence-electron chi connectivity index (χ0n) is 14.9. The van der Waals surface area contributed by atoms with E-state index >= 15 is 0 Å². The summed E-state index contributed by atoms with van der Waals surface area (Å²) in [5.74, 6) is -2.14. The van der Waals surface area contributed by atoms with Crippen molar-refractivity contribution in [1.82, 2.24) is 0 Å². The number of nitrogens with one attached hydrogen (secondary N) is 1. The van der Waals surface area contributed by atoms with Gasteiger partial charge in [0.25, 0.3) is 0 Å². The van der Waals surface area contributed by atoms with E-state index in [4.69, 9.17) is 0 Å². The fourth-order valence-electron chi connectivity index (χ4n) is 2.57. The monoisotopic (exact) mass is 387 g/mol. The first-order valence-corrected chi connectivity index (χ1v) is 9.80. The summed E-state index contributed by atoms with van der Waals surface area (Å²) in [6, 6.07) is 15.5. The van der Waals surface area contributed by atoms with Crippen LogP contribution in [0.1, 0.15) is 29.3 Å². The maximum atomic E-state index is 12.5. The minimum atomic E-state index is -1.83. The Balaban J connectivity index is 1.98. The van der Waals surface area contributed by atoms with Gasteiger partial charge in [-0.2, -0.15) is 0 Å². The van der Waals surface area contributed by atoms with Gasteiger partial charge in [0.2, 0.25) is 5.91 Å². The van der Waals surface area contributed by atoms with Crippen LogP contribution < -0.4 is 5.32 Å². The summed E-state index contributed by atoms with van der Waals surface area (Å²) in [5, 5.41) is 10.9. The van der Waals surface area contributed by atoms with Gasteiger partial charge < -0.3 is 10.4 Å². The minimum absolute atomic E-state index is 0.195. The summed E-state index contributed by atoms with van der Waals surface area (Å²) < 4.78 is 12.5. The zero-order valence-corrected chi connectivity index (χ0v) is 15.7. The first kappa shape index (κ1) is 20.5. The predicted octanol–water partition coefficient (Wildman–Crippen LogP) is 2.66. The van der Waals surface area contributed by atoms with E-state index in [0.717, 1.165) is 5.56 Å². The second-order valence-electron chi connectivity index (χ2n) is 6.06. The third-order valence-corrected chi connectivity index (χ3v) is 5.55. The molecule has 0 aromatic heterocycles. The molecule has 2 atom stereocenters. The lowest BCUT2D eigenvalue weighted by molar-refractivity contribution is -0.136. The van der Waals surface area contributed by atoms with Crippen molar-refractivity contribution in [1.29, 1.82) is 0 Å². The van der Waals surface area contributed by atoms with E-state index < -0.39 is 27.8 Å².